The molecule has 2 rings (SSSR count). The van der Waals surface area contributed by atoms with Crippen molar-refractivity contribution in [3.63, 3.8) is 0 Å². The van der Waals surface area contributed by atoms with E-state index in [4.69, 9.17) is 0 Å². The van der Waals surface area contributed by atoms with Gasteiger partial charge in [0.05, 0.1) is 4.47 Å². The molecule has 0 aromatic heterocycles. The van der Waals surface area contributed by atoms with Gasteiger partial charge in [0.1, 0.15) is 5.82 Å². The zero-order chi connectivity index (χ0) is 14.0. The van der Waals surface area contributed by atoms with Crippen LogP contribution < -0.4 is 5.32 Å². The fourth-order valence-electron chi connectivity index (χ4n) is 2.67. The molecule has 0 heterocycles. The maximum absolute atomic E-state index is 13.4. The van der Waals surface area contributed by atoms with E-state index in [1.807, 2.05) is 0 Å². The Kier molecular flexibility index (Phi) is 4.61. The van der Waals surface area contributed by atoms with Gasteiger partial charge in [-0.1, -0.05) is 26.7 Å². The molecule has 3 unspecified atom stereocenters. The van der Waals surface area contributed by atoms with E-state index in [0.29, 0.717) is 21.9 Å². The van der Waals surface area contributed by atoms with Crippen molar-refractivity contribution >= 4 is 21.8 Å². The Bertz CT molecular complexity index is 477. The molecule has 1 aliphatic carbocycles. The third kappa shape index (κ3) is 3.35. The molecule has 1 saturated carbocycles. The van der Waals surface area contributed by atoms with Crippen LogP contribution >= 0.6 is 15.9 Å². The Balaban J connectivity index is 2.06. The van der Waals surface area contributed by atoms with E-state index in [-0.39, 0.29) is 11.9 Å². The molecular weight excluding hydrogens is 309 g/mol. The van der Waals surface area contributed by atoms with Crippen LogP contribution in [0.2, 0.25) is 0 Å². The predicted molar refractivity (Wildman–Crippen MR) is 77.5 cm³/mol. The van der Waals surface area contributed by atoms with Crippen molar-refractivity contribution < 1.29 is 9.18 Å². The highest BCUT2D eigenvalue weighted by Crippen LogP contribution is 2.29. The topological polar surface area (TPSA) is 29.1 Å². The highest BCUT2D eigenvalue weighted by molar-refractivity contribution is 9.10. The van der Waals surface area contributed by atoms with Gasteiger partial charge in [0.2, 0.25) is 0 Å². The lowest BCUT2D eigenvalue weighted by Crippen LogP contribution is -2.43. The van der Waals surface area contributed by atoms with Crippen LogP contribution in [0.25, 0.3) is 0 Å². The summed E-state index contributed by atoms with van der Waals surface area (Å²) in [6, 6.07) is 4.68. The van der Waals surface area contributed by atoms with Crippen molar-refractivity contribution in [3.05, 3.63) is 34.1 Å². The number of hydrogen-bond acceptors (Lipinski definition) is 1. The molecular formula is C15H19BrFNO. The fourth-order valence-corrected chi connectivity index (χ4v) is 2.92. The largest absolute Gasteiger partial charge is 0.349 e. The minimum Gasteiger partial charge on any atom is -0.349 e. The molecule has 3 atom stereocenters. The minimum atomic E-state index is -0.405. The van der Waals surface area contributed by atoms with Crippen molar-refractivity contribution in [3.8, 4) is 0 Å². The number of benzene rings is 1. The van der Waals surface area contributed by atoms with Gasteiger partial charge in [0.25, 0.3) is 5.91 Å². The van der Waals surface area contributed by atoms with Gasteiger partial charge in [-0.15, -0.1) is 0 Å². The lowest BCUT2D eigenvalue weighted by atomic mass is 9.78. The first-order valence-corrected chi connectivity index (χ1v) is 7.54. The van der Waals surface area contributed by atoms with Gasteiger partial charge >= 0.3 is 0 Å². The van der Waals surface area contributed by atoms with Gasteiger partial charge in [-0.3, -0.25) is 4.79 Å². The van der Waals surface area contributed by atoms with Gasteiger partial charge in [-0.2, -0.15) is 0 Å². The SMILES string of the molecule is CC1CCCC(NC(=O)c2ccc(Br)c(F)c2)C1C. The first kappa shape index (κ1) is 14.5. The van der Waals surface area contributed by atoms with Crippen LogP contribution in [0.5, 0.6) is 0 Å². The zero-order valence-corrected chi connectivity index (χ0v) is 12.8. The zero-order valence-electron chi connectivity index (χ0n) is 11.2. The van der Waals surface area contributed by atoms with Crippen molar-refractivity contribution in [2.24, 2.45) is 11.8 Å². The van der Waals surface area contributed by atoms with Gasteiger partial charge < -0.3 is 5.32 Å². The van der Waals surface area contributed by atoms with Crippen molar-refractivity contribution in [2.75, 3.05) is 0 Å². The molecule has 1 N–H and O–H groups in total. The van der Waals surface area contributed by atoms with E-state index >= 15 is 0 Å². The Morgan fingerprint density at radius 3 is 2.79 bits per heavy atom. The van der Waals surface area contributed by atoms with Crippen LogP contribution in [0.3, 0.4) is 0 Å². The second-order valence-corrected chi connectivity index (χ2v) is 6.33. The summed E-state index contributed by atoms with van der Waals surface area (Å²) in [7, 11) is 0. The molecule has 1 aromatic rings. The van der Waals surface area contributed by atoms with Gasteiger partial charge in [-0.25, -0.2) is 4.39 Å². The summed E-state index contributed by atoms with van der Waals surface area (Å²) in [4.78, 5) is 12.1. The molecule has 1 aliphatic rings. The maximum atomic E-state index is 13.4. The van der Waals surface area contributed by atoms with Gasteiger partial charge in [0, 0.05) is 11.6 Å². The second-order valence-electron chi connectivity index (χ2n) is 5.48. The molecule has 4 heteroatoms. The fraction of sp³-hybridized carbons (Fsp3) is 0.533. The average molecular weight is 328 g/mol. The number of hydrogen-bond donors (Lipinski definition) is 1. The van der Waals surface area contributed by atoms with Crippen LogP contribution in [0.4, 0.5) is 4.39 Å². The van der Waals surface area contributed by atoms with Crippen molar-refractivity contribution in [2.45, 2.75) is 39.2 Å². The molecule has 0 saturated heterocycles. The van der Waals surface area contributed by atoms with Crippen LogP contribution in [0.1, 0.15) is 43.5 Å². The van der Waals surface area contributed by atoms with E-state index in [2.05, 4.69) is 35.1 Å². The smallest absolute Gasteiger partial charge is 0.251 e. The summed E-state index contributed by atoms with van der Waals surface area (Å²) in [5.41, 5.74) is 0.381. The molecule has 104 valence electrons. The minimum absolute atomic E-state index is 0.183. The number of halogens is 2. The number of amides is 1. The van der Waals surface area contributed by atoms with E-state index in [9.17, 15) is 9.18 Å². The summed E-state index contributed by atoms with van der Waals surface area (Å²) >= 11 is 3.09. The lowest BCUT2D eigenvalue weighted by molar-refractivity contribution is 0.0890. The number of carbonyl (C=O) groups is 1. The van der Waals surface area contributed by atoms with E-state index in [1.165, 1.54) is 12.5 Å². The summed E-state index contributed by atoms with van der Waals surface area (Å²) in [5.74, 6) is 0.508. The Morgan fingerprint density at radius 1 is 1.37 bits per heavy atom. The molecule has 0 spiro atoms. The third-order valence-electron chi connectivity index (χ3n) is 4.21. The Labute approximate surface area is 121 Å². The molecule has 0 aliphatic heterocycles. The number of rotatable bonds is 2. The summed E-state index contributed by atoms with van der Waals surface area (Å²) in [6.07, 6.45) is 3.38. The molecule has 1 amide bonds. The van der Waals surface area contributed by atoms with Gasteiger partial charge in [-0.05, 0) is 52.4 Å². The van der Waals surface area contributed by atoms with Crippen molar-refractivity contribution in [1.82, 2.24) is 5.32 Å². The highest BCUT2D eigenvalue weighted by Gasteiger charge is 2.28. The normalized spacial score (nSPS) is 27.1. The van der Waals surface area contributed by atoms with E-state index in [0.717, 1.165) is 12.8 Å². The molecule has 1 aromatic carbocycles. The second kappa shape index (κ2) is 6.04. The van der Waals surface area contributed by atoms with E-state index < -0.39 is 5.82 Å². The maximum Gasteiger partial charge on any atom is 0.251 e. The average Bonchev–Trinajstić information content (AvgIpc) is 2.38. The first-order valence-electron chi connectivity index (χ1n) is 6.75. The van der Waals surface area contributed by atoms with E-state index in [1.54, 1.807) is 12.1 Å². The highest BCUT2D eigenvalue weighted by atomic mass is 79.9. The summed E-state index contributed by atoms with van der Waals surface area (Å²) < 4.78 is 13.8. The van der Waals surface area contributed by atoms with Crippen LogP contribution in [-0.4, -0.2) is 11.9 Å². The van der Waals surface area contributed by atoms with Crippen molar-refractivity contribution in [1.29, 1.82) is 0 Å². The standard InChI is InChI=1S/C15H19BrFNO/c1-9-4-3-5-14(10(9)2)18-15(19)11-6-7-12(16)13(17)8-11/h6-10,14H,3-5H2,1-2H3,(H,18,19). The van der Waals surface area contributed by atoms with Crippen LogP contribution in [0, 0.1) is 17.7 Å². The molecule has 0 bridgehead atoms. The molecule has 2 nitrogen and oxygen atoms in total. The molecule has 0 radical (unpaired) electrons. The first-order chi connectivity index (χ1) is 8.99. The van der Waals surface area contributed by atoms with Gasteiger partial charge in [0.15, 0.2) is 0 Å². The summed E-state index contributed by atoms with van der Waals surface area (Å²) in [5, 5.41) is 3.04. The molecule has 1 fully saturated rings. The Morgan fingerprint density at radius 2 is 2.11 bits per heavy atom. The number of nitrogens with one attached hydrogen (secondary N) is 1. The third-order valence-corrected chi connectivity index (χ3v) is 4.85. The summed E-state index contributed by atoms with van der Waals surface area (Å²) in [6.45, 7) is 4.40. The number of carbonyl (C=O) groups excluding carboxylic acids is 1. The monoisotopic (exact) mass is 327 g/mol. The Hall–Kier alpha value is -0.900. The van der Waals surface area contributed by atoms with Crippen LogP contribution in [0.15, 0.2) is 22.7 Å². The van der Waals surface area contributed by atoms with Crippen LogP contribution in [-0.2, 0) is 0 Å². The predicted octanol–water partition coefficient (Wildman–Crippen LogP) is 4.14. The molecule has 19 heavy (non-hydrogen) atoms. The lowest BCUT2D eigenvalue weighted by Gasteiger charge is -2.34. The quantitative estimate of drug-likeness (QED) is 0.868.